The Labute approximate surface area is 124 Å². The van der Waals surface area contributed by atoms with E-state index >= 15 is 0 Å². The van der Waals surface area contributed by atoms with Crippen molar-refractivity contribution in [2.24, 2.45) is 0 Å². The number of benzene rings is 2. The summed E-state index contributed by atoms with van der Waals surface area (Å²) in [4.78, 5) is 0.187. The number of hydrogen-bond donors (Lipinski definition) is 2. The molecule has 112 valence electrons. The summed E-state index contributed by atoms with van der Waals surface area (Å²) >= 11 is 0. The Morgan fingerprint density at radius 1 is 1.19 bits per heavy atom. The summed E-state index contributed by atoms with van der Waals surface area (Å²) in [5.74, 6) is 0.0769. The molecule has 6 heteroatoms. The largest absolute Gasteiger partial charge is 0.508 e. The molecule has 2 aromatic rings. The molecule has 0 atom stereocenters. The lowest BCUT2D eigenvalue weighted by molar-refractivity contribution is 0.436. The number of hydrogen-bond acceptors (Lipinski definition) is 4. The number of nitrogens with zero attached hydrogens (tertiary/aromatic N) is 1. The smallest absolute Gasteiger partial charge is 0.243 e. The fourth-order valence-electron chi connectivity index (χ4n) is 1.96. The van der Waals surface area contributed by atoms with Gasteiger partial charge < -0.3 is 10.8 Å². The molecule has 0 aliphatic rings. The van der Waals surface area contributed by atoms with Crippen LogP contribution in [-0.2, 0) is 16.6 Å². The molecule has 0 aliphatic heterocycles. The van der Waals surface area contributed by atoms with E-state index in [1.807, 2.05) is 0 Å². The van der Waals surface area contributed by atoms with Crippen molar-refractivity contribution in [3.05, 3.63) is 53.6 Å². The number of aromatic hydroxyl groups is 1. The van der Waals surface area contributed by atoms with Crippen LogP contribution >= 0.6 is 0 Å². The Bertz CT molecular complexity index is 757. The summed E-state index contributed by atoms with van der Waals surface area (Å²) in [6.07, 6.45) is 0. The molecule has 3 N–H and O–H groups in total. The van der Waals surface area contributed by atoms with E-state index in [2.05, 4.69) is 0 Å². The lowest BCUT2D eigenvalue weighted by Gasteiger charge is -2.18. The van der Waals surface area contributed by atoms with E-state index in [-0.39, 0.29) is 17.2 Å². The first-order valence-electron chi connectivity index (χ1n) is 6.41. The molecule has 0 aliphatic carbocycles. The van der Waals surface area contributed by atoms with Crippen LogP contribution in [0.5, 0.6) is 5.75 Å². The SMILES string of the molecule is Cc1cc(S(=O)(=O)N(C)Cc2ccccc2O)ccc1N. The van der Waals surface area contributed by atoms with Gasteiger partial charge in [0.2, 0.25) is 10.0 Å². The average molecular weight is 306 g/mol. The van der Waals surface area contributed by atoms with E-state index < -0.39 is 10.0 Å². The van der Waals surface area contributed by atoms with E-state index in [9.17, 15) is 13.5 Å². The number of para-hydroxylation sites is 1. The number of phenolic OH excluding ortho intramolecular Hbond substituents is 1. The summed E-state index contributed by atoms with van der Waals surface area (Å²) in [7, 11) is -2.15. The summed E-state index contributed by atoms with van der Waals surface area (Å²) in [5.41, 5.74) is 7.53. The third-order valence-corrected chi connectivity index (χ3v) is 5.13. The molecule has 0 heterocycles. The van der Waals surface area contributed by atoms with E-state index in [1.54, 1.807) is 37.3 Å². The lowest BCUT2D eigenvalue weighted by Crippen LogP contribution is -2.26. The Kier molecular flexibility index (Phi) is 4.20. The molecule has 0 spiro atoms. The standard InChI is InChI=1S/C15H18N2O3S/c1-11-9-13(7-8-14(11)16)21(19,20)17(2)10-12-5-3-4-6-15(12)18/h3-9,18H,10,16H2,1-2H3. The highest BCUT2D eigenvalue weighted by Gasteiger charge is 2.22. The normalized spacial score (nSPS) is 11.8. The molecule has 2 aromatic carbocycles. The minimum atomic E-state index is -3.63. The van der Waals surface area contributed by atoms with Gasteiger partial charge in [-0.1, -0.05) is 18.2 Å². The average Bonchev–Trinajstić information content (AvgIpc) is 2.44. The van der Waals surface area contributed by atoms with Crippen molar-refractivity contribution in [3.8, 4) is 5.75 Å². The number of aryl methyl sites for hydroxylation is 1. The Balaban J connectivity index is 2.30. The van der Waals surface area contributed by atoms with Crippen LogP contribution in [0.15, 0.2) is 47.4 Å². The monoisotopic (exact) mass is 306 g/mol. The molecule has 0 unspecified atom stereocenters. The number of sulfonamides is 1. The van der Waals surface area contributed by atoms with Gasteiger partial charge in [0.1, 0.15) is 5.75 Å². The van der Waals surface area contributed by atoms with Crippen LogP contribution in [-0.4, -0.2) is 24.9 Å². The van der Waals surface area contributed by atoms with Crippen LogP contribution in [0.2, 0.25) is 0 Å². The maximum absolute atomic E-state index is 12.5. The maximum atomic E-state index is 12.5. The van der Waals surface area contributed by atoms with Crippen LogP contribution in [0.4, 0.5) is 5.69 Å². The molecule has 0 aromatic heterocycles. The summed E-state index contributed by atoms with van der Waals surface area (Å²) in [5, 5.41) is 9.74. The van der Waals surface area contributed by atoms with Gasteiger partial charge in [-0.2, -0.15) is 4.31 Å². The van der Waals surface area contributed by atoms with Gasteiger partial charge in [-0.15, -0.1) is 0 Å². The van der Waals surface area contributed by atoms with Crippen molar-refractivity contribution in [2.75, 3.05) is 12.8 Å². The molecule has 5 nitrogen and oxygen atoms in total. The number of rotatable bonds is 4. The highest BCUT2D eigenvalue weighted by Crippen LogP contribution is 2.23. The zero-order valence-corrected chi connectivity index (χ0v) is 12.8. The third-order valence-electron chi connectivity index (χ3n) is 3.33. The molecule has 0 saturated carbocycles. The number of anilines is 1. The Hall–Kier alpha value is -2.05. The molecule has 0 fully saturated rings. The number of nitrogen functional groups attached to an aromatic ring is 1. The zero-order chi connectivity index (χ0) is 15.6. The first-order chi connectivity index (χ1) is 9.82. The first-order valence-corrected chi connectivity index (χ1v) is 7.85. The maximum Gasteiger partial charge on any atom is 0.243 e. The minimum absolute atomic E-state index is 0.0769. The Morgan fingerprint density at radius 2 is 1.86 bits per heavy atom. The van der Waals surface area contributed by atoms with Crippen LogP contribution in [0, 0.1) is 6.92 Å². The molecular formula is C15H18N2O3S. The van der Waals surface area contributed by atoms with Crippen molar-refractivity contribution in [1.82, 2.24) is 4.31 Å². The summed E-state index contributed by atoms with van der Waals surface area (Å²) in [6, 6.07) is 11.3. The lowest BCUT2D eigenvalue weighted by atomic mass is 10.2. The highest BCUT2D eigenvalue weighted by molar-refractivity contribution is 7.89. The second-order valence-electron chi connectivity index (χ2n) is 4.91. The third kappa shape index (κ3) is 3.17. The molecule has 0 radical (unpaired) electrons. The van der Waals surface area contributed by atoms with Crippen molar-refractivity contribution >= 4 is 15.7 Å². The first kappa shape index (κ1) is 15.3. The second-order valence-corrected chi connectivity index (χ2v) is 6.95. The second kappa shape index (κ2) is 5.75. The predicted molar refractivity (Wildman–Crippen MR) is 82.4 cm³/mol. The van der Waals surface area contributed by atoms with Gasteiger partial charge in [-0.25, -0.2) is 8.42 Å². The van der Waals surface area contributed by atoms with E-state index in [4.69, 9.17) is 5.73 Å². The van der Waals surface area contributed by atoms with Crippen LogP contribution in [0.25, 0.3) is 0 Å². The van der Waals surface area contributed by atoms with E-state index in [0.29, 0.717) is 16.8 Å². The van der Waals surface area contributed by atoms with Gasteiger partial charge in [-0.3, -0.25) is 0 Å². The van der Waals surface area contributed by atoms with Crippen molar-refractivity contribution in [3.63, 3.8) is 0 Å². The number of phenols is 1. The molecule has 21 heavy (non-hydrogen) atoms. The van der Waals surface area contributed by atoms with Gasteiger partial charge in [-0.05, 0) is 36.8 Å². The van der Waals surface area contributed by atoms with E-state index in [1.165, 1.54) is 23.5 Å². The number of nitrogens with two attached hydrogens (primary N) is 1. The van der Waals surface area contributed by atoms with Gasteiger partial charge >= 0.3 is 0 Å². The van der Waals surface area contributed by atoms with Crippen LogP contribution < -0.4 is 5.73 Å². The predicted octanol–water partition coefficient (Wildman–Crippen LogP) is 2.10. The topological polar surface area (TPSA) is 83.6 Å². The fraction of sp³-hybridized carbons (Fsp3) is 0.200. The fourth-order valence-corrected chi connectivity index (χ4v) is 3.19. The molecule has 2 rings (SSSR count). The van der Waals surface area contributed by atoms with Gasteiger partial charge in [0, 0.05) is 24.8 Å². The van der Waals surface area contributed by atoms with Crippen LogP contribution in [0.3, 0.4) is 0 Å². The van der Waals surface area contributed by atoms with Crippen molar-refractivity contribution in [2.45, 2.75) is 18.4 Å². The molecule has 0 saturated heterocycles. The highest BCUT2D eigenvalue weighted by atomic mass is 32.2. The summed E-state index contributed by atoms with van der Waals surface area (Å²) in [6.45, 7) is 1.86. The molecule has 0 bridgehead atoms. The van der Waals surface area contributed by atoms with Gasteiger partial charge in [0.25, 0.3) is 0 Å². The Morgan fingerprint density at radius 3 is 2.48 bits per heavy atom. The van der Waals surface area contributed by atoms with E-state index in [0.717, 1.165) is 0 Å². The minimum Gasteiger partial charge on any atom is -0.508 e. The van der Waals surface area contributed by atoms with Crippen molar-refractivity contribution in [1.29, 1.82) is 0 Å². The van der Waals surface area contributed by atoms with Gasteiger partial charge in [0.05, 0.1) is 4.90 Å². The van der Waals surface area contributed by atoms with Gasteiger partial charge in [0.15, 0.2) is 0 Å². The zero-order valence-electron chi connectivity index (χ0n) is 11.9. The summed E-state index contributed by atoms with van der Waals surface area (Å²) < 4.78 is 26.2. The van der Waals surface area contributed by atoms with Crippen LogP contribution in [0.1, 0.15) is 11.1 Å². The molecular weight excluding hydrogens is 288 g/mol. The molecule has 0 amide bonds. The quantitative estimate of drug-likeness (QED) is 0.847. The van der Waals surface area contributed by atoms with Crippen molar-refractivity contribution < 1.29 is 13.5 Å².